The molecule has 16 heteroatoms. The molecule has 3 heterocycles. The predicted octanol–water partition coefficient (Wildman–Crippen LogP) is 6.69. The molecule has 0 fully saturated rings. The number of aromatic nitrogens is 6. The molecule has 3 N–H and O–H groups in total. The van der Waals surface area contributed by atoms with Gasteiger partial charge in [0, 0.05) is 54.7 Å². The Balaban J connectivity index is 1.54. The summed E-state index contributed by atoms with van der Waals surface area (Å²) in [5, 5.41) is 13.6. The Labute approximate surface area is 259 Å². The lowest BCUT2D eigenvalue weighted by Gasteiger charge is -2.22. The number of anilines is 5. The molecule has 0 radical (unpaired) electrons. The van der Waals surface area contributed by atoms with Crippen molar-refractivity contribution in [1.82, 2.24) is 29.7 Å². The molecule has 0 amide bonds. The molecule has 1 atom stereocenters. The summed E-state index contributed by atoms with van der Waals surface area (Å²) in [6.07, 6.45) is 3.43. The van der Waals surface area contributed by atoms with Gasteiger partial charge in [0.15, 0.2) is 0 Å². The topological polar surface area (TPSA) is 132 Å². The van der Waals surface area contributed by atoms with E-state index < -0.39 is 19.4 Å². The maximum atomic E-state index is 13.4. The normalized spacial score (nSPS) is 12.7. The molecule has 0 saturated carbocycles. The number of hydrogen-bond acceptors (Lipinski definition) is 10. The number of benzene rings is 2. The first-order valence-electron chi connectivity index (χ1n) is 13.1. The summed E-state index contributed by atoms with van der Waals surface area (Å²) in [5.74, 6) is 0.779. The van der Waals surface area contributed by atoms with Crippen LogP contribution in [-0.2, 0) is 11.6 Å². The average molecular weight is 690 g/mol. The molecule has 0 bridgehead atoms. The van der Waals surface area contributed by atoms with Crippen molar-refractivity contribution in [3.05, 3.63) is 59.7 Å². The van der Waals surface area contributed by atoms with E-state index in [1.165, 1.54) is 19.4 Å². The third-order valence-corrected chi connectivity index (χ3v) is 8.72. The number of nitrogens with one attached hydrogen (secondary N) is 3. The molecule has 0 saturated heterocycles. The lowest BCUT2D eigenvalue weighted by Crippen LogP contribution is -2.33. The van der Waals surface area contributed by atoms with Crippen LogP contribution in [0, 0.1) is 0 Å². The highest BCUT2D eigenvalue weighted by molar-refractivity contribution is 9.10. The van der Waals surface area contributed by atoms with Crippen LogP contribution in [0.3, 0.4) is 0 Å². The second kappa shape index (κ2) is 12.0. The van der Waals surface area contributed by atoms with E-state index in [9.17, 15) is 17.7 Å². The molecular weight excluding hydrogens is 662 g/mol. The maximum absolute atomic E-state index is 13.4. The van der Waals surface area contributed by atoms with Crippen LogP contribution >= 0.6 is 23.1 Å². The first-order valence-corrected chi connectivity index (χ1v) is 16.5. The van der Waals surface area contributed by atoms with Gasteiger partial charge in [-0.2, -0.15) is 23.3 Å². The van der Waals surface area contributed by atoms with Crippen molar-refractivity contribution in [3.8, 4) is 16.9 Å². The van der Waals surface area contributed by atoms with Crippen molar-refractivity contribution in [1.29, 1.82) is 0 Å². The van der Waals surface area contributed by atoms with Crippen molar-refractivity contribution >= 4 is 68.2 Å². The third-order valence-electron chi connectivity index (χ3n) is 6.61. The highest BCUT2D eigenvalue weighted by Gasteiger charge is 2.36. The van der Waals surface area contributed by atoms with Gasteiger partial charge in [-0.05, 0) is 54.4 Å². The minimum atomic E-state index is -4.47. The minimum absolute atomic E-state index is 0.161. The molecule has 0 aliphatic heterocycles. The molecule has 5 aromatic rings. The third kappa shape index (κ3) is 6.63. The first-order chi connectivity index (χ1) is 20.7. The summed E-state index contributed by atoms with van der Waals surface area (Å²) in [5.41, 5.74) is 3.33. The number of aryl methyl sites for hydroxylation is 1. The fourth-order valence-electron chi connectivity index (χ4n) is 4.51. The minimum Gasteiger partial charge on any atom is -0.494 e. The van der Waals surface area contributed by atoms with Crippen molar-refractivity contribution < 1.29 is 22.5 Å². The molecule has 0 aliphatic rings. The summed E-state index contributed by atoms with van der Waals surface area (Å²) < 4.78 is 61.3. The fraction of sp³-hybridized carbons (Fsp3) is 0.250. The van der Waals surface area contributed by atoms with E-state index in [1.54, 1.807) is 68.0 Å². The van der Waals surface area contributed by atoms with Gasteiger partial charge in [0.25, 0.3) is 0 Å². The van der Waals surface area contributed by atoms with Crippen LogP contribution < -0.4 is 26.0 Å². The van der Waals surface area contributed by atoms with E-state index in [2.05, 4.69) is 56.9 Å². The van der Waals surface area contributed by atoms with E-state index >= 15 is 0 Å². The summed E-state index contributed by atoms with van der Waals surface area (Å²) in [6.45, 7) is 4.35. The van der Waals surface area contributed by atoms with Crippen LogP contribution in [-0.4, -0.2) is 62.4 Å². The molecule has 1 unspecified atom stereocenters. The Hall–Kier alpha value is -4.23. The number of alkyl halides is 3. The lowest BCUT2D eigenvalue weighted by molar-refractivity contribution is -0.138. The average Bonchev–Trinajstić information content (AvgIpc) is 3.39. The smallest absolute Gasteiger partial charge is 0.408 e. The van der Waals surface area contributed by atoms with Gasteiger partial charge in [-0.25, -0.2) is 4.98 Å². The number of nitrogens with zero attached hydrogens (tertiary/aromatic N) is 6. The number of ether oxygens (including phenoxy) is 1. The van der Waals surface area contributed by atoms with Crippen molar-refractivity contribution in [2.24, 2.45) is 7.05 Å². The number of hydrogen-bond donors (Lipinski definition) is 3. The number of fused-ring (bicyclic) bond motifs is 1. The van der Waals surface area contributed by atoms with E-state index in [4.69, 9.17) is 4.74 Å². The van der Waals surface area contributed by atoms with Crippen LogP contribution in [0.25, 0.3) is 22.2 Å². The Kier molecular flexibility index (Phi) is 8.54. The van der Waals surface area contributed by atoms with Gasteiger partial charge < -0.3 is 25.3 Å². The molecule has 5 rings (SSSR count). The fourth-order valence-corrected chi connectivity index (χ4v) is 6.19. The van der Waals surface area contributed by atoms with E-state index in [1.807, 2.05) is 0 Å². The standard InChI is InChI=1S/C28H28BrF3N9O2P/c1-15(28(30,31)32)37-21-11-23(43-3)22(10-17(21)16-12-36-41(2)14-16)39-27-35-13-18(29)26(40-27)38-20-7-6-19-24(34-9-8-33-19)25(20)44(4,5)42/h6-15,37H,1-5H3,(H2,35,38,39,40). The second-order valence-corrected chi connectivity index (χ2v) is 14.3. The van der Waals surface area contributed by atoms with Crippen molar-refractivity contribution in [3.63, 3.8) is 0 Å². The van der Waals surface area contributed by atoms with Gasteiger partial charge in [0.2, 0.25) is 5.95 Å². The molecule has 44 heavy (non-hydrogen) atoms. The zero-order valence-corrected chi connectivity index (χ0v) is 26.7. The van der Waals surface area contributed by atoms with Gasteiger partial charge in [-0.1, -0.05) is 0 Å². The lowest BCUT2D eigenvalue weighted by atomic mass is 10.0. The molecule has 0 aliphatic carbocycles. The van der Waals surface area contributed by atoms with Crippen LogP contribution in [0.4, 0.5) is 42.0 Å². The predicted molar refractivity (Wildman–Crippen MR) is 169 cm³/mol. The van der Waals surface area contributed by atoms with Gasteiger partial charge in [0.1, 0.15) is 30.3 Å². The SMILES string of the molecule is COc1cc(NC(C)C(F)(F)F)c(-c2cnn(C)c2)cc1Nc1ncc(Br)c(Nc2ccc3nccnc3c2P(C)(C)=O)n1. The first kappa shape index (κ1) is 31.2. The van der Waals surface area contributed by atoms with Crippen LogP contribution in [0.1, 0.15) is 6.92 Å². The Bertz CT molecular complexity index is 1890. The van der Waals surface area contributed by atoms with Crippen molar-refractivity contribution in [2.45, 2.75) is 19.1 Å². The summed E-state index contributed by atoms with van der Waals surface area (Å²) in [4.78, 5) is 17.7. The number of methoxy groups -OCH3 is 1. The Morgan fingerprint density at radius 3 is 2.43 bits per heavy atom. The maximum Gasteiger partial charge on any atom is 0.408 e. The van der Waals surface area contributed by atoms with Gasteiger partial charge in [0.05, 0.1) is 40.0 Å². The molecular formula is C28H28BrF3N9O2P. The zero-order valence-electron chi connectivity index (χ0n) is 24.2. The van der Waals surface area contributed by atoms with Crippen LogP contribution in [0.15, 0.2) is 59.7 Å². The van der Waals surface area contributed by atoms with E-state index in [0.29, 0.717) is 49.1 Å². The monoisotopic (exact) mass is 689 g/mol. The highest BCUT2D eigenvalue weighted by atomic mass is 79.9. The van der Waals surface area contributed by atoms with Crippen molar-refractivity contribution in [2.75, 3.05) is 36.4 Å². The largest absolute Gasteiger partial charge is 0.494 e. The van der Waals surface area contributed by atoms with Gasteiger partial charge in [-0.15, -0.1) is 0 Å². The summed E-state index contributed by atoms with van der Waals surface area (Å²) in [7, 11) is 0.296. The van der Waals surface area contributed by atoms with Gasteiger partial charge in [-0.3, -0.25) is 14.6 Å². The van der Waals surface area contributed by atoms with Gasteiger partial charge >= 0.3 is 6.18 Å². The summed E-state index contributed by atoms with van der Waals surface area (Å²) in [6, 6.07) is 4.85. The molecule has 11 nitrogen and oxygen atoms in total. The number of halogens is 4. The molecule has 0 spiro atoms. The summed E-state index contributed by atoms with van der Waals surface area (Å²) >= 11 is 3.47. The second-order valence-electron chi connectivity index (χ2n) is 10.3. The Morgan fingerprint density at radius 2 is 1.77 bits per heavy atom. The Morgan fingerprint density at radius 1 is 1.02 bits per heavy atom. The molecule has 230 valence electrons. The van der Waals surface area contributed by atoms with E-state index in [0.717, 1.165) is 6.92 Å². The van der Waals surface area contributed by atoms with Crippen LogP contribution in [0.2, 0.25) is 0 Å². The quantitative estimate of drug-likeness (QED) is 0.144. The zero-order chi connectivity index (χ0) is 31.8. The van der Waals surface area contributed by atoms with E-state index in [-0.39, 0.29) is 17.4 Å². The van der Waals surface area contributed by atoms with Crippen LogP contribution in [0.5, 0.6) is 5.75 Å². The molecule has 3 aromatic heterocycles. The number of rotatable bonds is 9. The molecule has 2 aromatic carbocycles. The highest BCUT2D eigenvalue weighted by Crippen LogP contribution is 2.42.